The molecule has 0 saturated carbocycles. The molecule has 0 atom stereocenters. The summed E-state index contributed by atoms with van der Waals surface area (Å²) in [6.07, 6.45) is 3.02. The highest BCUT2D eigenvalue weighted by Crippen LogP contribution is 2.18. The lowest BCUT2D eigenvalue weighted by atomic mass is 9.98. The summed E-state index contributed by atoms with van der Waals surface area (Å²) in [6, 6.07) is 7.89. The predicted octanol–water partition coefficient (Wildman–Crippen LogP) is 1.03. The summed E-state index contributed by atoms with van der Waals surface area (Å²) < 4.78 is 29.8. The summed E-state index contributed by atoms with van der Waals surface area (Å²) in [7, 11) is 0.336. The maximum Gasteiger partial charge on any atom is 0.211 e. The van der Waals surface area contributed by atoms with Gasteiger partial charge in [-0.3, -0.25) is 4.99 Å². The number of guanidine groups is 1. The molecule has 7 nitrogen and oxygen atoms in total. The zero-order valence-corrected chi connectivity index (χ0v) is 16.0. The molecule has 1 aromatic rings. The Morgan fingerprint density at radius 2 is 1.88 bits per heavy atom. The number of sulfonamides is 1. The average Bonchev–Trinajstić information content (AvgIpc) is 2.62. The van der Waals surface area contributed by atoms with Crippen LogP contribution in [0.5, 0.6) is 5.75 Å². The van der Waals surface area contributed by atoms with Crippen molar-refractivity contribution in [1.82, 2.24) is 14.9 Å². The molecule has 0 aromatic heterocycles. The number of methoxy groups -OCH3 is 1. The quantitative estimate of drug-likeness (QED) is 0.579. The SMILES string of the molecule is CN=C(NCc1ccc(OC)cc1)NCC1CCN(S(C)(=O)=O)CC1. The molecule has 1 fully saturated rings. The Morgan fingerprint density at radius 3 is 2.40 bits per heavy atom. The molecule has 25 heavy (non-hydrogen) atoms. The number of rotatable bonds is 6. The summed E-state index contributed by atoms with van der Waals surface area (Å²) in [5, 5.41) is 6.62. The second kappa shape index (κ2) is 9.05. The number of piperidine rings is 1. The fraction of sp³-hybridized carbons (Fsp3) is 0.588. The zero-order chi connectivity index (χ0) is 18.3. The summed E-state index contributed by atoms with van der Waals surface area (Å²) in [5.74, 6) is 2.05. The van der Waals surface area contributed by atoms with E-state index in [1.165, 1.54) is 6.26 Å². The Bertz CT molecular complexity index is 666. The summed E-state index contributed by atoms with van der Waals surface area (Å²) in [5.41, 5.74) is 1.14. The molecule has 1 heterocycles. The van der Waals surface area contributed by atoms with Gasteiger partial charge in [0.1, 0.15) is 5.75 Å². The highest BCUT2D eigenvalue weighted by Gasteiger charge is 2.24. The number of aliphatic imine (C=N–C) groups is 1. The molecule has 0 unspecified atom stereocenters. The maximum absolute atomic E-state index is 11.5. The van der Waals surface area contributed by atoms with Gasteiger partial charge in [0.25, 0.3) is 0 Å². The van der Waals surface area contributed by atoms with Gasteiger partial charge in [0.05, 0.1) is 13.4 Å². The van der Waals surface area contributed by atoms with Crippen LogP contribution in [0.15, 0.2) is 29.3 Å². The van der Waals surface area contributed by atoms with Gasteiger partial charge < -0.3 is 15.4 Å². The van der Waals surface area contributed by atoms with E-state index in [1.807, 2.05) is 24.3 Å². The van der Waals surface area contributed by atoms with Crippen LogP contribution >= 0.6 is 0 Å². The molecule has 1 aliphatic rings. The van der Waals surface area contributed by atoms with Crippen LogP contribution in [-0.2, 0) is 16.6 Å². The van der Waals surface area contributed by atoms with Crippen molar-refractivity contribution in [3.05, 3.63) is 29.8 Å². The van der Waals surface area contributed by atoms with Gasteiger partial charge in [-0.1, -0.05) is 12.1 Å². The van der Waals surface area contributed by atoms with E-state index < -0.39 is 10.0 Å². The first-order valence-corrected chi connectivity index (χ1v) is 10.3. The van der Waals surface area contributed by atoms with E-state index in [1.54, 1.807) is 18.5 Å². The maximum atomic E-state index is 11.5. The average molecular weight is 369 g/mol. The number of ether oxygens (including phenoxy) is 1. The molecule has 0 bridgehead atoms. The molecule has 140 valence electrons. The van der Waals surface area contributed by atoms with Gasteiger partial charge in [-0.05, 0) is 36.5 Å². The first kappa shape index (κ1) is 19.5. The molecule has 0 aliphatic carbocycles. The minimum absolute atomic E-state index is 0.456. The lowest BCUT2D eigenvalue weighted by Gasteiger charge is -2.30. The monoisotopic (exact) mass is 368 g/mol. The second-order valence-electron chi connectivity index (χ2n) is 6.26. The molecule has 1 saturated heterocycles. The van der Waals surface area contributed by atoms with Crippen LogP contribution in [0.4, 0.5) is 0 Å². The topological polar surface area (TPSA) is 83.0 Å². The van der Waals surface area contributed by atoms with Crippen molar-refractivity contribution in [2.24, 2.45) is 10.9 Å². The van der Waals surface area contributed by atoms with E-state index in [9.17, 15) is 8.42 Å². The lowest BCUT2D eigenvalue weighted by molar-refractivity contribution is 0.275. The Kier molecular flexibility index (Phi) is 7.07. The minimum atomic E-state index is -3.06. The molecule has 2 N–H and O–H groups in total. The standard InChI is InChI=1S/C17H28N4O3S/c1-18-17(19-12-14-4-6-16(24-2)7-5-14)20-13-15-8-10-21(11-9-15)25(3,22)23/h4-7,15H,8-13H2,1-3H3,(H2,18,19,20). The van der Waals surface area contributed by atoms with Gasteiger partial charge in [0.15, 0.2) is 5.96 Å². The minimum Gasteiger partial charge on any atom is -0.497 e. The molecule has 1 aliphatic heterocycles. The van der Waals surface area contributed by atoms with E-state index >= 15 is 0 Å². The molecular weight excluding hydrogens is 340 g/mol. The molecule has 1 aromatic carbocycles. The van der Waals surface area contributed by atoms with Crippen LogP contribution in [0.2, 0.25) is 0 Å². The molecular formula is C17H28N4O3S. The summed E-state index contributed by atoms with van der Waals surface area (Å²) >= 11 is 0. The molecule has 0 amide bonds. The predicted molar refractivity (Wildman–Crippen MR) is 100 cm³/mol. The van der Waals surface area contributed by atoms with Crippen molar-refractivity contribution < 1.29 is 13.2 Å². The first-order valence-electron chi connectivity index (χ1n) is 8.45. The summed E-state index contributed by atoms with van der Waals surface area (Å²) in [4.78, 5) is 4.24. The van der Waals surface area contributed by atoms with E-state index in [4.69, 9.17) is 4.74 Å². The van der Waals surface area contributed by atoms with Crippen molar-refractivity contribution in [1.29, 1.82) is 0 Å². The number of nitrogens with one attached hydrogen (secondary N) is 2. The van der Waals surface area contributed by atoms with Gasteiger partial charge in [-0.15, -0.1) is 0 Å². The van der Waals surface area contributed by atoms with Crippen molar-refractivity contribution >= 4 is 16.0 Å². The smallest absolute Gasteiger partial charge is 0.211 e. The fourth-order valence-corrected chi connectivity index (χ4v) is 3.71. The van der Waals surface area contributed by atoms with Crippen molar-refractivity contribution in [3.8, 4) is 5.75 Å². The van der Waals surface area contributed by atoms with E-state index in [0.29, 0.717) is 25.6 Å². The van der Waals surface area contributed by atoms with Gasteiger partial charge in [-0.2, -0.15) is 0 Å². The van der Waals surface area contributed by atoms with Crippen molar-refractivity contribution in [3.63, 3.8) is 0 Å². The highest BCUT2D eigenvalue weighted by molar-refractivity contribution is 7.88. The summed E-state index contributed by atoms with van der Waals surface area (Å²) in [6.45, 7) is 2.67. The molecule has 8 heteroatoms. The first-order chi connectivity index (χ1) is 11.9. The van der Waals surface area contributed by atoms with Crippen LogP contribution < -0.4 is 15.4 Å². The highest BCUT2D eigenvalue weighted by atomic mass is 32.2. The number of benzene rings is 1. The Hall–Kier alpha value is -1.80. The number of nitrogens with zero attached hydrogens (tertiary/aromatic N) is 2. The van der Waals surface area contributed by atoms with Crippen LogP contribution in [0.3, 0.4) is 0 Å². The van der Waals surface area contributed by atoms with E-state index in [0.717, 1.165) is 36.7 Å². The van der Waals surface area contributed by atoms with Crippen LogP contribution in [-0.4, -0.2) is 58.7 Å². The second-order valence-corrected chi connectivity index (χ2v) is 8.24. The van der Waals surface area contributed by atoms with E-state index in [2.05, 4.69) is 15.6 Å². The van der Waals surface area contributed by atoms with Gasteiger partial charge >= 0.3 is 0 Å². The van der Waals surface area contributed by atoms with Crippen molar-refractivity contribution in [2.75, 3.05) is 40.0 Å². The largest absolute Gasteiger partial charge is 0.497 e. The van der Waals surface area contributed by atoms with Crippen molar-refractivity contribution in [2.45, 2.75) is 19.4 Å². The van der Waals surface area contributed by atoms with Gasteiger partial charge in [0.2, 0.25) is 10.0 Å². The zero-order valence-electron chi connectivity index (χ0n) is 15.2. The lowest BCUT2D eigenvalue weighted by Crippen LogP contribution is -2.43. The molecule has 0 radical (unpaired) electrons. The third-order valence-electron chi connectivity index (χ3n) is 4.44. The van der Waals surface area contributed by atoms with E-state index in [-0.39, 0.29) is 0 Å². The molecule has 0 spiro atoms. The fourth-order valence-electron chi connectivity index (χ4n) is 2.84. The third-order valence-corrected chi connectivity index (χ3v) is 5.75. The molecule has 2 rings (SSSR count). The van der Waals surface area contributed by atoms with Gasteiger partial charge in [-0.25, -0.2) is 12.7 Å². The normalized spacial score (nSPS) is 17.3. The third kappa shape index (κ3) is 6.21. The Balaban J connectivity index is 1.73. The van der Waals surface area contributed by atoms with Crippen LogP contribution in [0.25, 0.3) is 0 Å². The Morgan fingerprint density at radius 1 is 1.24 bits per heavy atom. The van der Waals surface area contributed by atoms with Crippen LogP contribution in [0.1, 0.15) is 18.4 Å². The van der Waals surface area contributed by atoms with Crippen LogP contribution in [0, 0.1) is 5.92 Å². The number of hydrogen-bond donors (Lipinski definition) is 2. The number of hydrogen-bond acceptors (Lipinski definition) is 4. The van der Waals surface area contributed by atoms with Gasteiger partial charge in [0, 0.05) is 33.2 Å². The Labute approximate surface area is 150 Å².